The summed E-state index contributed by atoms with van der Waals surface area (Å²) in [7, 11) is 0. The molecular weight excluding hydrogens is 398 g/mol. The van der Waals surface area contributed by atoms with Crippen molar-refractivity contribution in [2.75, 3.05) is 11.6 Å². The van der Waals surface area contributed by atoms with Crippen LogP contribution in [0.15, 0.2) is 47.6 Å². The third kappa shape index (κ3) is 6.90. The van der Waals surface area contributed by atoms with Gasteiger partial charge < -0.3 is 0 Å². The summed E-state index contributed by atoms with van der Waals surface area (Å²) in [5.74, 6) is 0. The average Bonchev–Trinajstić information content (AvgIpc) is 3.22. The van der Waals surface area contributed by atoms with Crippen LogP contribution in [0.3, 0.4) is 0 Å². The van der Waals surface area contributed by atoms with Gasteiger partial charge in [0.15, 0.2) is 0 Å². The second kappa shape index (κ2) is 12.6. The molecule has 31 heavy (non-hydrogen) atoms. The Labute approximate surface area is 192 Å². The Kier molecular flexibility index (Phi) is 9.54. The molecule has 3 nitrogen and oxygen atoms in total. The Bertz CT molecular complexity index is 927. The maximum absolute atomic E-state index is 4.93. The third-order valence-corrected chi connectivity index (χ3v) is 6.65. The van der Waals surface area contributed by atoms with Crippen molar-refractivity contribution in [3.8, 4) is 0 Å². The van der Waals surface area contributed by atoms with E-state index in [0.29, 0.717) is 0 Å². The number of nitrogens with zero attached hydrogens (tertiary/aromatic N) is 3. The molecule has 0 radical (unpaired) electrons. The lowest BCUT2D eigenvalue weighted by molar-refractivity contribution is 0.711. The van der Waals surface area contributed by atoms with E-state index in [-0.39, 0.29) is 0 Å². The first kappa shape index (κ1) is 23.5. The highest BCUT2D eigenvalue weighted by Gasteiger charge is 2.11. The number of rotatable bonds is 13. The molecule has 0 unspecified atom stereocenters. The van der Waals surface area contributed by atoms with E-state index in [4.69, 9.17) is 10.1 Å². The fourth-order valence-electron chi connectivity index (χ4n) is 3.81. The minimum absolute atomic E-state index is 0.873. The number of fused-ring (bicyclic) bond motifs is 1. The number of hydrazone groups is 1. The summed E-state index contributed by atoms with van der Waals surface area (Å²) in [4.78, 5) is 4.83. The van der Waals surface area contributed by atoms with Crippen molar-refractivity contribution < 1.29 is 0 Å². The Hall–Kier alpha value is -2.20. The second-order valence-corrected chi connectivity index (χ2v) is 9.29. The highest BCUT2D eigenvalue weighted by molar-refractivity contribution is 7.22. The van der Waals surface area contributed by atoms with Crippen LogP contribution in [0.2, 0.25) is 0 Å². The van der Waals surface area contributed by atoms with E-state index >= 15 is 0 Å². The molecule has 4 heteroatoms. The smallest absolute Gasteiger partial charge is 0.207 e. The summed E-state index contributed by atoms with van der Waals surface area (Å²) in [6.07, 6.45) is 13.0. The predicted molar refractivity (Wildman–Crippen MR) is 138 cm³/mol. The summed E-state index contributed by atoms with van der Waals surface area (Å²) in [6, 6.07) is 15.4. The summed E-state index contributed by atoms with van der Waals surface area (Å²) < 4.78 is 1.21. The molecule has 3 aromatic rings. The van der Waals surface area contributed by atoms with Crippen LogP contribution in [0.4, 0.5) is 5.13 Å². The van der Waals surface area contributed by atoms with Crippen molar-refractivity contribution in [2.24, 2.45) is 5.10 Å². The molecular formula is C27H37N3S. The van der Waals surface area contributed by atoms with Crippen LogP contribution in [-0.4, -0.2) is 17.7 Å². The molecule has 0 aliphatic heterocycles. The van der Waals surface area contributed by atoms with Gasteiger partial charge in [-0.25, -0.2) is 9.99 Å². The van der Waals surface area contributed by atoms with Gasteiger partial charge >= 0.3 is 0 Å². The zero-order valence-electron chi connectivity index (χ0n) is 19.4. The number of aryl methyl sites for hydroxylation is 2. The second-order valence-electron chi connectivity index (χ2n) is 8.28. The Morgan fingerprint density at radius 3 is 2.42 bits per heavy atom. The summed E-state index contributed by atoms with van der Waals surface area (Å²) >= 11 is 1.72. The first-order valence-corrected chi connectivity index (χ1v) is 12.9. The van der Waals surface area contributed by atoms with E-state index in [9.17, 15) is 0 Å². The van der Waals surface area contributed by atoms with Crippen molar-refractivity contribution in [1.29, 1.82) is 0 Å². The van der Waals surface area contributed by atoms with Gasteiger partial charge in [-0.15, -0.1) is 0 Å². The number of benzene rings is 2. The van der Waals surface area contributed by atoms with Gasteiger partial charge in [-0.1, -0.05) is 82.1 Å². The topological polar surface area (TPSA) is 28.5 Å². The Morgan fingerprint density at radius 2 is 1.68 bits per heavy atom. The molecule has 0 saturated heterocycles. The molecule has 2 aromatic carbocycles. The van der Waals surface area contributed by atoms with Gasteiger partial charge in [0.05, 0.1) is 16.4 Å². The van der Waals surface area contributed by atoms with E-state index in [1.807, 2.05) is 6.07 Å². The van der Waals surface area contributed by atoms with Gasteiger partial charge in [0.1, 0.15) is 0 Å². The molecule has 1 aromatic heterocycles. The minimum Gasteiger partial charge on any atom is -0.239 e. The molecule has 0 spiro atoms. The average molecular weight is 436 g/mol. The highest BCUT2D eigenvalue weighted by atomic mass is 32.1. The zero-order chi connectivity index (χ0) is 21.9. The molecule has 0 N–H and O–H groups in total. The predicted octanol–water partition coefficient (Wildman–Crippen LogP) is 8.01. The fraction of sp³-hybridized carbons (Fsp3) is 0.481. The van der Waals surface area contributed by atoms with E-state index < -0.39 is 0 Å². The highest BCUT2D eigenvalue weighted by Crippen LogP contribution is 2.29. The minimum atomic E-state index is 0.873. The van der Waals surface area contributed by atoms with Crippen LogP contribution in [0, 0.1) is 0 Å². The number of thiazole rings is 1. The van der Waals surface area contributed by atoms with E-state index in [1.54, 1.807) is 11.3 Å². The van der Waals surface area contributed by atoms with Crippen LogP contribution in [0.25, 0.3) is 10.2 Å². The van der Waals surface area contributed by atoms with Gasteiger partial charge in [0, 0.05) is 6.54 Å². The largest absolute Gasteiger partial charge is 0.239 e. The maximum Gasteiger partial charge on any atom is 0.207 e. The first-order valence-electron chi connectivity index (χ1n) is 12.0. The number of hydrogen-bond donors (Lipinski definition) is 0. The molecule has 1 heterocycles. The summed E-state index contributed by atoms with van der Waals surface area (Å²) in [6.45, 7) is 7.59. The van der Waals surface area contributed by atoms with Crippen molar-refractivity contribution >= 4 is 32.9 Å². The van der Waals surface area contributed by atoms with Crippen molar-refractivity contribution in [1.82, 2.24) is 4.98 Å². The Balaban J connectivity index is 1.84. The lowest BCUT2D eigenvalue weighted by Gasteiger charge is -2.15. The number of anilines is 1. The molecule has 0 bridgehead atoms. The standard InChI is InChI=1S/C27H37N3S/c1-4-7-9-13-22-17-18-23(14-10-8-5-2)24(20-22)21-28-30(19-6-3)27-29-25-15-11-12-16-26(25)31-27/h11-12,15-18,20-21H,4-10,13-14,19H2,1-3H3. The molecule has 0 saturated carbocycles. The van der Waals surface area contributed by atoms with E-state index in [1.165, 1.54) is 59.9 Å². The molecule has 166 valence electrons. The Morgan fingerprint density at radius 1 is 0.903 bits per heavy atom. The molecule has 0 atom stereocenters. The van der Waals surface area contributed by atoms with Crippen LogP contribution in [0.5, 0.6) is 0 Å². The normalized spacial score (nSPS) is 11.6. The SMILES string of the molecule is CCCCCc1ccc(CCCCC)c(C=NN(CCC)c2nc3ccccc3s2)c1. The van der Waals surface area contributed by atoms with Crippen molar-refractivity contribution in [2.45, 2.75) is 78.6 Å². The summed E-state index contributed by atoms with van der Waals surface area (Å²) in [5, 5.41) is 7.98. The van der Waals surface area contributed by atoms with Gasteiger partial charge in [-0.05, 0) is 67.0 Å². The third-order valence-electron chi connectivity index (χ3n) is 5.60. The number of aromatic nitrogens is 1. The lowest BCUT2D eigenvalue weighted by Crippen LogP contribution is -2.17. The van der Waals surface area contributed by atoms with Crippen LogP contribution < -0.4 is 5.01 Å². The summed E-state index contributed by atoms with van der Waals surface area (Å²) in [5.41, 5.74) is 5.16. The first-order chi connectivity index (χ1) is 15.2. The van der Waals surface area contributed by atoms with Crippen LogP contribution in [-0.2, 0) is 12.8 Å². The maximum atomic E-state index is 4.93. The zero-order valence-corrected chi connectivity index (χ0v) is 20.3. The molecule has 0 amide bonds. The van der Waals surface area contributed by atoms with Crippen molar-refractivity contribution in [3.05, 3.63) is 59.2 Å². The molecule has 0 aliphatic carbocycles. The van der Waals surface area contributed by atoms with Crippen LogP contribution >= 0.6 is 11.3 Å². The quantitative estimate of drug-likeness (QED) is 0.154. The van der Waals surface area contributed by atoms with Gasteiger partial charge in [0.25, 0.3) is 0 Å². The van der Waals surface area contributed by atoms with E-state index in [0.717, 1.165) is 36.5 Å². The van der Waals surface area contributed by atoms with Gasteiger partial charge in [-0.2, -0.15) is 5.10 Å². The van der Waals surface area contributed by atoms with Crippen molar-refractivity contribution in [3.63, 3.8) is 0 Å². The number of hydrogen-bond acceptors (Lipinski definition) is 4. The van der Waals surface area contributed by atoms with Gasteiger partial charge in [0.2, 0.25) is 5.13 Å². The van der Waals surface area contributed by atoms with E-state index in [2.05, 4.69) is 68.4 Å². The molecule has 3 rings (SSSR count). The number of para-hydroxylation sites is 1. The molecule has 0 aliphatic rings. The monoisotopic (exact) mass is 435 g/mol. The number of unbranched alkanes of at least 4 members (excludes halogenated alkanes) is 4. The van der Waals surface area contributed by atoms with Crippen LogP contribution in [0.1, 0.15) is 82.4 Å². The lowest BCUT2D eigenvalue weighted by atomic mass is 9.97. The molecule has 0 fully saturated rings. The fourth-order valence-corrected chi connectivity index (χ4v) is 4.76. The van der Waals surface area contributed by atoms with Gasteiger partial charge in [-0.3, -0.25) is 0 Å².